The van der Waals surface area contributed by atoms with Gasteiger partial charge in [0, 0.05) is 47.5 Å². The van der Waals surface area contributed by atoms with E-state index in [2.05, 4.69) is 22.9 Å². The van der Waals surface area contributed by atoms with E-state index >= 15 is 0 Å². The van der Waals surface area contributed by atoms with Gasteiger partial charge in [0.1, 0.15) is 12.2 Å². The molecule has 9 aliphatic rings. The van der Waals surface area contributed by atoms with Crippen molar-refractivity contribution < 1.29 is 34.7 Å². The number of likely N-dealkylation sites (N-methyl/N-ethyl adjacent to an activating group) is 1. The van der Waals surface area contributed by atoms with Crippen molar-refractivity contribution in [3.63, 3.8) is 0 Å². The van der Waals surface area contributed by atoms with Crippen molar-refractivity contribution >= 4 is 5.78 Å². The zero-order chi connectivity index (χ0) is 31.3. The number of phenolic OH excluding ortho intramolecular Hbond substituents is 2. The van der Waals surface area contributed by atoms with Gasteiger partial charge in [-0.1, -0.05) is 24.3 Å². The molecular weight excluding hydrogens is 584 g/mol. The van der Waals surface area contributed by atoms with E-state index in [0.29, 0.717) is 36.3 Å². The summed E-state index contributed by atoms with van der Waals surface area (Å²) in [7, 11) is 2.19. The fraction of sp³-hybridized carbons (Fsp3) is 0.595. The highest BCUT2D eigenvalue weighted by atomic mass is 16.5. The van der Waals surface area contributed by atoms with Crippen molar-refractivity contribution in [2.45, 2.75) is 98.2 Å². The molecule has 0 aromatic heterocycles. The van der Waals surface area contributed by atoms with Crippen molar-refractivity contribution in [1.82, 2.24) is 9.80 Å². The lowest BCUT2D eigenvalue weighted by Crippen LogP contribution is -2.76. The first kappa shape index (κ1) is 28.0. The van der Waals surface area contributed by atoms with Gasteiger partial charge in [-0.15, -0.1) is 0 Å². The summed E-state index contributed by atoms with van der Waals surface area (Å²) in [6.07, 6.45) is 9.51. The topological polar surface area (TPSA) is 123 Å². The van der Waals surface area contributed by atoms with Crippen LogP contribution in [0, 0.1) is 11.8 Å². The summed E-state index contributed by atoms with van der Waals surface area (Å²) in [4.78, 5) is 17.6. The molecule has 4 heterocycles. The van der Waals surface area contributed by atoms with E-state index in [-0.39, 0.29) is 34.8 Å². The number of likely N-dealkylation sites (tertiary alicyclic amines) is 2. The van der Waals surface area contributed by atoms with E-state index in [1.807, 2.05) is 18.2 Å². The molecule has 11 rings (SSSR count). The number of phenols is 2. The second kappa shape index (κ2) is 9.07. The van der Waals surface area contributed by atoms with Gasteiger partial charge in [0.05, 0.1) is 11.0 Å². The molecule has 9 atom stereocenters. The number of carbonyl (C=O) groups excluding carboxylic acids is 1. The third kappa shape index (κ3) is 3.23. The van der Waals surface area contributed by atoms with Crippen LogP contribution in [0.5, 0.6) is 23.0 Å². The largest absolute Gasteiger partial charge is 0.504 e. The zero-order valence-electron chi connectivity index (χ0n) is 26.2. The predicted octanol–water partition coefficient (Wildman–Crippen LogP) is 2.72. The van der Waals surface area contributed by atoms with Gasteiger partial charge in [0.2, 0.25) is 0 Å². The van der Waals surface area contributed by atoms with Gasteiger partial charge in [0.25, 0.3) is 0 Å². The van der Waals surface area contributed by atoms with Gasteiger partial charge < -0.3 is 34.8 Å². The molecule has 242 valence electrons. The first-order valence-corrected chi connectivity index (χ1v) is 17.3. The molecule has 4 aliphatic heterocycles. The summed E-state index contributed by atoms with van der Waals surface area (Å²) in [6.45, 7) is 2.96. The SMILES string of the molecule is CN1CC[C@]23c4c5ccc(O)c4O[C@H]2[C@@H](O)C=C[C@H]3[C@H]1C5.O=C1CC[C@@]2(O)[C@H]3Cc4ccc(O)c5c4[C@@]2(CCN3CC2CC2)[C@H]1O5. The highest BCUT2D eigenvalue weighted by molar-refractivity contribution is 5.90. The molecule has 46 heavy (non-hydrogen) atoms. The third-order valence-corrected chi connectivity index (χ3v) is 13.7. The molecule has 9 nitrogen and oxygen atoms in total. The molecule has 4 N–H and O–H groups in total. The second-order valence-corrected chi connectivity index (χ2v) is 15.6. The molecule has 2 aromatic rings. The lowest BCUT2D eigenvalue weighted by atomic mass is 9.49. The Hall–Kier alpha value is -3.11. The highest BCUT2D eigenvalue weighted by Gasteiger charge is 2.73. The zero-order valence-corrected chi connectivity index (χ0v) is 26.2. The number of ketones is 1. The average Bonchev–Trinajstić information content (AvgIpc) is 3.67. The second-order valence-electron chi connectivity index (χ2n) is 15.6. The Morgan fingerprint density at radius 1 is 0.913 bits per heavy atom. The normalized spacial score (nSPS) is 41.9. The summed E-state index contributed by atoms with van der Waals surface area (Å²) in [5, 5.41) is 42.9. The Morgan fingerprint density at radius 3 is 2.41 bits per heavy atom. The monoisotopic (exact) mass is 626 g/mol. The van der Waals surface area contributed by atoms with Crippen molar-refractivity contribution in [3.8, 4) is 23.0 Å². The number of carbonyl (C=O) groups is 1. The predicted molar refractivity (Wildman–Crippen MR) is 167 cm³/mol. The van der Waals surface area contributed by atoms with E-state index in [4.69, 9.17) is 9.47 Å². The number of aromatic hydroxyl groups is 2. The van der Waals surface area contributed by atoms with Crippen molar-refractivity contribution in [3.05, 3.63) is 58.7 Å². The minimum absolute atomic E-state index is 0.0454. The van der Waals surface area contributed by atoms with E-state index in [1.165, 1.54) is 24.0 Å². The minimum Gasteiger partial charge on any atom is -0.504 e. The Kier molecular flexibility index (Phi) is 5.51. The number of benzene rings is 2. The number of aliphatic hydroxyl groups excluding tert-OH is 1. The number of nitrogens with zero attached hydrogens (tertiary/aromatic N) is 2. The first-order valence-electron chi connectivity index (χ1n) is 17.3. The Labute approximate surface area is 268 Å². The maximum Gasteiger partial charge on any atom is 0.174 e. The van der Waals surface area contributed by atoms with Gasteiger partial charge in [0.15, 0.2) is 34.9 Å². The summed E-state index contributed by atoms with van der Waals surface area (Å²) < 4.78 is 12.1. The number of ether oxygens (including phenoxy) is 2. The standard InChI is InChI=1S/C20H23NO4.C17H19NO3/c22-13-4-3-12-9-15-20(24)6-5-14(23)18-19(20,16(12)17(13)25-18)7-8-21(15)10-11-1-2-11;1-18-7-6-17-10-3-5-13(20)16(17)21-15-12(19)4-2-9(14(15)17)8-11(10)18/h3-4,11,15,18,22,24H,1-2,5-10H2;2-5,10-11,13,16,19-20H,6-8H2,1H3/t15-,18+,19+,20-;10-,11+,13-,16-,17-/m10/s1. The number of hydrogen-bond acceptors (Lipinski definition) is 9. The van der Waals surface area contributed by atoms with Crippen LogP contribution in [-0.4, -0.2) is 98.7 Å². The van der Waals surface area contributed by atoms with Crippen molar-refractivity contribution in [2.24, 2.45) is 11.8 Å². The lowest BCUT2D eigenvalue weighted by Gasteiger charge is -2.62. The molecule has 9 heteroatoms. The molecule has 2 aromatic carbocycles. The van der Waals surface area contributed by atoms with Crippen molar-refractivity contribution in [2.75, 3.05) is 26.7 Å². The number of rotatable bonds is 2. The molecule has 0 amide bonds. The Balaban J connectivity index is 0.000000121. The summed E-state index contributed by atoms with van der Waals surface area (Å²) in [6, 6.07) is 7.92. The van der Waals surface area contributed by atoms with E-state index < -0.39 is 23.2 Å². The van der Waals surface area contributed by atoms with Crippen LogP contribution >= 0.6 is 0 Å². The molecule has 2 spiro atoms. The molecular formula is C37H42N2O7. The van der Waals surface area contributed by atoms with E-state index in [9.17, 15) is 25.2 Å². The molecule has 4 bridgehead atoms. The van der Waals surface area contributed by atoms with Crippen molar-refractivity contribution in [1.29, 1.82) is 0 Å². The highest BCUT2D eigenvalue weighted by Crippen LogP contribution is 2.65. The van der Waals surface area contributed by atoms with Gasteiger partial charge in [-0.2, -0.15) is 0 Å². The van der Waals surface area contributed by atoms with Crippen LogP contribution in [0.1, 0.15) is 60.8 Å². The minimum atomic E-state index is -0.940. The molecule has 5 aliphatic carbocycles. The van der Waals surface area contributed by atoms with Crippen LogP contribution in [-0.2, 0) is 28.5 Å². The van der Waals surface area contributed by atoms with Gasteiger partial charge >= 0.3 is 0 Å². The fourth-order valence-electron chi connectivity index (χ4n) is 11.5. The smallest absolute Gasteiger partial charge is 0.174 e. The Bertz CT molecular complexity index is 1720. The van der Waals surface area contributed by atoms with Crippen LogP contribution in [0.25, 0.3) is 0 Å². The Morgan fingerprint density at radius 2 is 1.65 bits per heavy atom. The maximum absolute atomic E-state index is 12.7. The fourth-order valence-corrected chi connectivity index (χ4v) is 11.5. The van der Waals surface area contributed by atoms with E-state index in [1.54, 1.807) is 12.1 Å². The first-order chi connectivity index (χ1) is 22.2. The molecule has 0 unspecified atom stereocenters. The van der Waals surface area contributed by atoms with Gasteiger partial charge in [-0.05, 0) is 94.3 Å². The van der Waals surface area contributed by atoms with E-state index in [0.717, 1.165) is 62.4 Å². The number of Topliss-reactive ketones (excluding diaryl/α,β-unsaturated/α-hetero) is 1. The van der Waals surface area contributed by atoms with Crippen LogP contribution in [0.2, 0.25) is 0 Å². The van der Waals surface area contributed by atoms with Gasteiger partial charge in [-0.25, -0.2) is 0 Å². The number of aliphatic hydroxyl groups is 2. The molecule has 4 fully saturated rings. The summed E-state index contributed by atoms with van der Waals surface area (Å²) >= 11 is 0. The molecule has 2 saturated heterocycles. The lowest BCUT2D eigenvalue weighted by molar-refractivity contribution is -0.188. The maximum atomic E-state index is 12.7. The average molecular weight is 627 g/mol. The third-order valence-electron chi connectivity index (χ3n) is 13.7. The summed E-state index contributed by atoms with van der Waals surface area (Å²) in [5.41, 5.74) is 2.74. The van der Waals surface area contributed by atoms with Crippen LogP contribution in [0.4, 0.5) is 0 Å². The number of hydrogen-bond donors (Lipinski definition) is 4. The van der Waals surface area contributed by atoms with Gasteiger partial charge in [-0.3, -0.25) is 9.69 Å². The molecule has 2 saturated carbocycles. The summed E-state index contributed by atoms with van der Waals surface area (Å²) in [5.74, 6) is 2.58. The van der Waals surface area contributed by atoms with Crippen LogP contribution in [0.3, 0.4) is 0 Å². The van der Waals surface area contributed by atoms with Crippen LogP contribution in [0.15, 0.2) is 36.4 Å². The number of piperidine rings is 2. The quantitative estimate of drug-likeness (QED) is 0.373. The molecule has 0 radical (unpaired) electrons. The van der Waals surface area contributed by atoms with Crippen LogP contribution < -0.4 is 9.47 Å².